The third-order valence-corrected chi connectivity index (χ3v) is 4.06. The van der Waals surface area contributed by atoms with Gasteiger partial charge in [-0.15, -0.1) is 0 Å². The van der Waals surface area contributed by atoms with E-state index < -0.39 is 0 Å². The average Bonchev–Trinajstić information content (AvgIpc) is 2.79. The number of halogens is 1. The minimum Gasteiger partial charge on any atom is -0.367 e. The van der Waals surface area contributed by atoms with Crippen LogP contribution in [0.4, 0.5) is 5.69 Å². The molecular formula is C15H24ClN3. The highest BCUT2D eigenvalue weighted by Crippen LogP contribution is 2.32. The van der Waals surface area contributed by atoms with Gasteiger partial charge in [-0.3, -0.25) is 0 Å². The second kappa shape index (κ2) is 6.60. The first kappa shape index (κ1) is 14.6. The summed E-state index contributed by atoms with van der Waals surface area (Å²) in [6.45, 7) is 3.06. The van der Waals surface area contributed by atoms with Crippen molar-refractivity contribution in [3.8, 4) is 0 Å². The summed E-state index contributed by atoms with van der Waals surface area (Å²) in [5.74, 6) is 0. The van der Waals surface area contributed by atoms with Crippen molar-refractivity contribution in [2.45, 2.75) is 25.4 Å². The van der Waals surface area contributed by atoms with E-state index in [2.05, 4.69) is 41.3 Å². The largest absolute Gasteiger partial charge is 0.367 e. The fraction of sp³-hybridized carbons (Fsp3) is 0.600. The van der Waals surface area contributed by atoms with Crippen LogP contribution in [0.1, 0.15) is 18.4 Å². The van der Waals surface area contributed by atoms with E-state index in [1.54, 1.807) is 0 Å². The molecule has 3 nitrogen and oxygen atoms in total. The molecule has 0 aromatic heterocycles. The molecule has 0 radical (unpaired) electrons. The lowest BCUT2D eigenvalue weighted by Crippen LogP contribution is -2.38. The number of benzene rings is 1. The molecule has 1 unspecified atom stereocenters. The van der Waals surface area contributed by atoms with Crippen LogP contribution in [0.2, 0.25) is 5.02 Å². The summed E-state index contributed by atoms with van der Waals surface area (Å²) in [4.78, 5) is 4.80. The molecule has 0 bridgehead atoms. The van der Waals surface area contributed by atoms with Gasteiger partial charge < -0.3 is 15.1 Å². The zero-order valence-corrected chi connectivity index (χ0v) is 12.9. The highest BCUT2D eigenvalue weighted by atomic mass is 35.5. The molecule has 1 fully saturated rings. The van der Waals surface area contributed by atoms with Gasteiger partial charge in [0, 0.05) is 41.9 Å². The Morgan fingerprint density at radius 2 is 2.21 bits per heavy atom. The van der Waals surface area contributed by atoms with E-state index in [1.165, 1.54) is 24.1 Å². The molecule has 1 N–H and O–H groups in total. The molecule has 2 rings (SSSR count). The number of nitrogens with one attached hydrogen (secondary N) is 1. The van der Waals surface area contributed by atoms with Crippen molar-refractivity contribution in [1.29, 1.82) is 0 Å². The Kier molecular flexibility index (Phi) is 5.08. The van der Waals surface area contributed by atoms with Crippen molar-refractivity contribution in [2.75, 3.05) is 39.1 Å². The predicted molar refractivity (Wildman–Crippen MR) is 83.1 cm³/mol. The fourth-order valence-electron chi connectivity index (χ4n) is 2.93. The van der Waals surface area contributed by atoms with E-state index in [4.69, 9.17) is 11.6 Å². The Bertz CT molecular complexity index is 420. The molecule has 0 amide bonds. The molecule has 106 valence electrons. The summed E-state index contributed by atoms with van der Waals surface area (Å²) in [7, 11) is 6.25. The number of rotatable bonds is 5. The number of anilines is 1. The lowest BCUT2D eigenvalue weighted by atomic mass is 10.1. The summed E-state index contributed by atoms with van der Waals surface area (Å²) in [6.07, 6.45) is 2.54. The molecule has 1 aromatic rings. The van der Waals surface area contributed by atoms with Crippen LogP contribution in [-0.4, -0.2) is 45.2 Å². The third kappa shape index (κ3) is 3.41. The summed E-state index contributed by atoms with van der Waals surface area (Å²) in [5, 5.41) is 4.09. The van der Waals surface area contributed by atoms with E-state index in [0.29, 0.717) is 6.04 Å². The van der Waals surface area contributed by atoms with Crippen LogP contribution >= 0.6 is 11.6 Å². The molecule has 1 atom stereocenters. The number of likely N-dealkylation sites (N-methyl/N-ethyl adjacent to an activating group) is 1. The third-order valence-electron chi connectivity index (χ3n) is 3.71. The first-order valence-corrected chi connectivity index (χ1v) is 7.34. The van der Waals surface area contributed by atoms with Crippen LogP contribution in [0.25, 0.3) is 0 Å². The number of hydrogen-bond donors (Lipinski definition) is 1. The van der Waals surface area contributed by atoms with Crippen molar-refractivity contribution < 1.29 is 0 Å². The molecule has 1 saturated heterocycles. The maximum Gasteiger partial charge on any atom is 0.0471 e. The second-order valence-corrected chi connectivity index (χ2v) is 5.93. The minimum absolute atomic E-state index is 0.601. The second-order valence-electron chi connectivity index (χ2n) is 5.52. The Hall–Kier alpha value is -0.770. The van der Waals surface area contributed by atoms with Gasteiger partial charge in [0.15, 0.2) is 0 Å². The molecule has 0 spiro atoms. The monoisotopic (exact) mass is 281 g/mol. The summed E-state index contributed by atoms with van der Waals surface area (Å²) in [5.41, 5.74) is 2.52. The molecule has 0 saturated carbocycles. The van der Waals surface area contributed by atoms with E-state index >= 15 is 0 Å². The lowest BCUT2D eigenvalue weighted by molar-refractivity contribution is 0.372. The molecule has 1 aliphatic rings. The summed E-state index contributed by atoms with van der Waals surface area (Å²) < 4.78 is 0. The highest BCUT2D eigenvalue weighted by molar-refractivity contribution is 6.31. The molecule has 1 aliphatic heterocycles. The van der Waals surface area contributed by atoms with E-state index in [-0.39, 0.29) is 0 Å². The van der Waals surface area contributed by atoms with Crippen molar-refractivity contribution >= 4 is 17.3 Å². The standard InChI is InChI=1S/C15H24ClN3/c1-17-10-13-14(16)7-4-8-15(13)19-9-5-6-12(19)11-18(2)3/h4,7-8,12,17H,5-6,9-11H2,1-3H3. The van der Waals surface area contributed by atoms with Gasteiger partial charge in [0.25, 0.3) is 0 Å². The Balaban J connectivity index is 2.27. The van der Waals surface area contributed by atoms with Crippen LogP contribution < -0.4 is 10.2 Å². The Labute approximate surface area is 121 Å². The summed E-state index contributed by atoms with van der Waals surface area (Å²) in [6, 6.07) is 6.84. The molecule has 1 aromatic carbocycles. The van der Waals surface area contributed by atoms with Gasteiger partial charge in [-0.25, -0.2) is 0 Å². The van der Waals surface area contributed by atoms with Crippen LogP contribution in [0.3, 0.4) is 0 Å². The van der Waals surface area contributed by atoms with Crippen LogP contribution in [0.15, 0.2) is 18.2 Å². The molecule has 4 heteroatoms. The van der Waals surface area contributed by atoms with Gasteiger partial charge >= 0.3 is 0 Å². The quantitative estimate of drug-likeness (QED) is 0.895. The Morgan fingerprint density at radius 3 is 2.89 bits per heavy atom. The fourth-order valence-corrected chi connectivity index (χ4v) is 3.17. The van der Waals surface area contributed by atoms with Gasteiger partial charge in [0.1, 0.15) is 0 Å². The average molecular weight is 282 g/mol. The van der Waals surface area contributed by atoms with Crippen LogP contribution in [-0.2, 0) is 6.54 Å². The first-order valence-electron chi connectivity index (χ1n) is 6.97. The van der Waals surface area contributed by atoms with Gasteiger partial charge in [-0.1, -0.05) is 17.7 Å². The van der Waals surface area contributed by atoms with E-state index in [1.807, 2.05) is 13.1 Å². The van der Waals surface area contributed by atoms with Crippen LogP contribution in [0.5, 0.6) is 0 Å². The smallest absolute Gasteiger partial charge is 0.0471 e. The zero-order chi connectivity index (χ0) is 13.8. The topological polar surface area (TPSA) is 18.5 Å². The SMILES string of the molecule is CNCc1c(Cl)cccc1N1CCCC1CN(C)C. The maximum absolute atomic E-state index is 6.36. The first-order chi connectivity index (χ1) is 9.13. The van der Waals surface area contributed by atoms with E-state index in [9.17, 15) is 0 Å². The van der Waals surface area contributed by atoms with Crippen molar-refractivity contribution in [3.63, 3.8) is 0 Å². The molecule has 19 heavy (non-hydrogen) atoms. The number of nitrogens with zero attached hydrogens (tertiary/aromatic N) is 2. The highest BCUT2D eigenvalue weighted by Gasteiger charge is 2.27. The van der Waals surface area contributed by atoms with Gasteiger partial charge in [0.05, 0.1) is 0 Å². The maximum atomic E-state index is 6.36. The summed E-state index contributed by atoms with van der Waals surface area (Å²) >= 11 is 6.36. The normalized spacial score (nSPS) is 19.4. The molecule has 0 aliphatic carbocycles. The van der Waals surface area contributed by atoms with E-state index in [0.717, 1.165) is 24.7 Å². The van der Waals surface area contributed by atoms with Gasteiger partial charge in [-0.2, -0.15) is 0 Å². The van der Waals surface area contributed by atoms with Crippen LogP contribution in [0, 0.1) is 0 Å². The van der Waals surface area contributed by atoms with Gasteiger partial charge in [-0.05, 0) is 46.1 Å². The van der Waals surface area contributed by atoms with Gasteiger partial charge in [0.2, 0.25) is 0 Å². The van der Waals surface area contributed by atoms with Crippen molar-refractivity contribution in [1.82, 2.24) is 10.2 Å². The zero-order valence-electron chi connectivity index (χ0n) is 12.1. The Morgan fingerprint density at radius 1 is 1.42 bits per heavy atom. The molecule has 1 heterocycles. The van der Waals surface area contributed by atoms with Crippen molar-refractivity contribution in [2.24, 2.45) is 0 Å². The molecular weight excluding hydrogens is 258 g/mol. The van der Waals surface area contributed by atoms with Crippen molar-refractivity contribution in [3.05, 3.63) is 28.8 Å². The number of hydrogen-bond acceptors (Lipinski definition) is 3. The predicted octanol–water partition coefficient (Wildman–Crippen LogP) is 2.59. The minimum atomic E-state index is 0.601. The lowest BCUT2D eigenvalue weighted by Gasteiger charge is -2.31.